The standard InChI is InChI=1S/C19H16Cl2N2O3/c1-2-25-18-8-12(7-14(10-22)19(23)24)3-6-17(18)26-11-13-4-5-15(20)9-16(13)21/h3-9H,2,11H2,1H3,(H2,23,24)/b14-7-. The molecule has 26 heavy (non-hydrogen) atoms. The van der Waals surface area contributed by atoms with Gasteiger partial charge < -0.3 is 15.2 Å². The molecule has 2 rings (SSSR count). The Hall–Kier alpha value is -2.68. The Kier molecular flexibility index (Phi) is 6.90. The molecule has 0 bridgehead atoms. The van der Waals surface area contributed by atoms with Crippen LogP contribution in [0.4, 0.5) is 0 Å². The first-order valence-electron chi connectivity index (χ1n) is 7.69. The predicted molar refractivity (Wildman–Crippen MR) is 101 cm³/mol. The zero-order valence-corrected chi connectivity index (χ0v) is 15.5. The molecule has 0 spiro atoms. The number of hydrogen-bond acceptors (Lipinski definition) is 4. The van der Waals surface area contributed by atoms with Crippen LogP contribution < -0.4 is 15.2 Å². The molecule has 0 saturated carbocycles. The van der Waals surface area contributed by atoms with Gasteiger partial charge in [0.2, 0.25) is 0 Å². The highest BCUT2D eigenvalue weighted by Gasteiger charge is 2.10. The zero-order chi connectivity index (χ0) is 19.1. The lowest BCUT2D eigenvalue weighted by atomic mass is 10.1. The largest absolute Gasteiger partial charge is 0.490 e. The number of primary amides is 1. The number of hydrogen-bond donors (Lipinski definition) is 1. The van der Waals surface area contributed by atoms with Gasteiger partial charge in [-0.25, -0.2) is 0 Å². The summed E-state index contributed by atoms with van der Waals surface area (Å²) in [4.78, 5) is 11.2. The van der Waals surface area contributed by atoms with Gasteiger partial charge in [0, 0.05) is 15.6 Å². The third-order valence-electron chi connectivity index (χ3n) is 3.36. The van der Waals surface area contributed by atoms with E-state index >= 15 is 0 Å². The molecule has 0 aliphatic heterocycles. The van der Waals surface area contributed by atoms with E-state index in [4.69, 9.17) is 43.7 Å². The number of halogens is 2. The molecule has 0 aliphatic rings. The van der Waals surface area contributed by atoms with E-state index in [9.17, 15) is 4.79 Å². The van der Waals surface area contributed by atoms with Crippen molar-refractivity contribution < 1.29 is 14.3 Å². The highest BCUT2D eigenvalue weighted by atomic mass is 35.5. The smallest absolute Gasteiger partial charge is 0.259 e. The van der Waals surface area contributed by atoms with Gasteiger partial charge in [-0.3, -0.25) is 4.79 Å². The van der Waals surface area contributed by atoms with Crippen LogP contribution >= 0.6 is 23.2 Å². The fourth-order valence-electron chi connectivity index (χ4n) is 2.12. The first-order valence-corrected chi connectivity index (χ1v) is 8.45. The Morgan fingerprint density at radius 3 is 2.58 bits per heavy atom. The Labute approximate surface area is 161 Å². The molecule has 0 aliphatic carbocycles. The molecule has 2 N–H and O–H groups in total. The molecule has 5 nitrogen and oxygen atoms in total. The second-order valence-corrected chi connectivity index (χ2v) is 6.04. The van der Waals surface area contributed by atoms with Crippen molar-refractivity contribution in [1.29, 1.82) is 5.26 Å². The van der Waals surface area contributed by atoms with Crippen molar-refractivity contribution in [3.63, 3.8) is 0 Å². The number of carbonyl (C=O) groups is 1. The molecule has 0 atom stereocenters. The summed E-state index contributed by atoms with van der Waals surface area (Å²) in [5.41, 5.74) is 6.38. The lowest BCUT2D eigenvalue weighted by Gasteiger charge is -2.13. The van der Waals surface area contributed by atoms with Gasteiger partial charge in [-0.1, -0.05) is 35.3 Å². The molecule has 2 aromatic rings. The Morgan fingerprint density at radius 1 is 1.19 bits per heavy atom. The summed E-state index contributed by atoms with van der Waals surface area (Å²) >= 11 is 12.0. The summed E-state index contributed by atoms with van der Waals surface area (Å²) < 4.78 is 11.4. The van der Waals surface area contributed by atoms with Gasteiger partial charge in [-0.2, -0.15) is 5.26 Å². The lowest BCUT2D eigenvalue weighted by Crippen LogP contribution is -2.12. The quantitative estimate of drug-likeness (QED) is 0.561. The summed E-state index contributed by atoms with van der Waals surface area (Å²) in [6.07, 6.45) is 1.39. The fourth-order valence-corrected chi connectivity index (χ4v) is 2.58. The van der Waals surface area contributed by atoms with E-state index in [0.717, 1.165) is 5.56 Å². The van der Waals surface area contributed by atoms with E-state index in [-0.39, 0.29) is 12.2 Å². The van der Waals surface area contributed by atoms with Crippen LogP contribution in [0.3, 0.4) is 0 Å². The SMILES string of the molecule is CCOc1cc(/C=C(/C#N)C(N)=O)ccc1OCc1ccc(Cl)cc1Cl. The minimum absolute atomic E-state index is 0.144. The molecular weight excluding hydrogens is 375 g/mol. The number of ether oxygens (including phenoxy) is 2. The van der Waals surface area contributed by atoms with Gasteiger partial charge in [-0.15, -0.1) is 0 Å². The molecule has 0 saturated heterocycles. The van der Waals surface area contributed by atoms with E-state index in [2.05, 4.69) is 0 Å². The maximum Gasteiger partial charge on any atom is 0.259 e. The van der Waals surface area contributed by atoms with Gasteiger partial charge in [0.25, 0.3) is 5.91 Å². The summed E-state index contributed by atoms with van der Waals surface area (Å²) in [5.74, 6) is 0.198. The minimum Gasteiger partial charge on any atom is -0.490 e. The molecule has 1 amide bonds. The van der Waals surface area contributed by atoms with Crippen LogP contribution in [0.5, 0.6) is 11.5 Å². The minimum atomic E-state index is -0.789. The van der Waals surface area contributed by atoms with Crippen LogP contribution in [0.2, 0.25) is 10.0 Å². The van der Waals surface area contributed by atoms with Crippen LogP contribution in [0.25, 0.3) is 6.08 Å². The molecule has 134 valence electrons. The number of rotatable bonds is 7. The fraction of sp³-hybridized carbons (Fsp3) is 0.158. The van der Waals surface area contributed by atoms with E-state index in [1.807, 2.05) is 6.92 Å². The average Bonchev–Trinajstić information content (AvgIpc) is 2.60. The van der Waals surface area contributed by atoms with Gasteiger partial charge in [-0.05, 0) is 42.8 Å². The Morgan fingerprint density at radius 2 is 1.96 bits per heavy atom. The second-order valence-electron chi connectivity index (χ2n) is 5.20. The molecule has 0 fully saturated rings. The van der Waals surface area contributed by atoms with Gasteiger partial charge in [0.1, 0.15) is 18.2 Å². The maximum absolute atomic E-state index is 11.2. The monoisotopic (exact) mass is 390 g/mol. The molecule has 0 heterocycles. The van der Waals surface area contributed by atoms with E-state index < -0.39 is 5.91 Å². The molecule has 0 aromatic heterocycles. The number of amides is 1. The summed E-state index contributed by atoms with van der Waals surface area (Å²) in [5, 5.41) is 10.0. The van der Waals surface area contributed by atoms with Crippen molar-refractivity contribution in [2.45, 2.75) is 13.5 Å². The number of nitrogens with zero attached hydrogens (tertiary/aromatic N) is 1. The maximum atomic E-state index is 11.2. The van der Waals surface area contributed by atoms with E-state index in [1.165, 1.54) is 6.08 Å². The van der Waals surface area contributed by atoms with Crippen molar-refractivity contribution in [3.8, 4) is 17.6 Å². The summed E-state index contributed by atoms with van der Waals surface area (Å²) in [6, 6.07) is 12.0. The number of benzene rings is 2. The van der Waals surface area contributed by atoms with Crippen LogP contribution in [0.1, 0.15) is 18.1 Å². The predicted octanol–water partition coefficient (Wildman–Crippen LogP) is 4.36. The lowest BCUT2D eigenvalue weighted by molar-refractivity contribution is -0.114. The van der Waals surface area contributed by atoms with Crippen LogP contribution in [0.15, 0.2) is 42.0 Å². The highest BCUT2D eigenvalue weighted by Crippen LogP contribution is 2.31. The first-order chi connectivity index (χ1) is 12.4. The van der Waals surface area contributed by atoms with Crippen LogP contribution in [-0.2, 0) is 11.4 Å². The third-order valence-corrected chi connectivity index (χ3v) is 3.95. The van der Waals surface area contributed by atoms with Crippen LogP contribution in [-0.4, -0.2) is 12.5 Å². The molecular formula is C19H16Cl2N2O3. The third kappa shape index (κ3) is 5.16. The van der Waals surface area contributed by atoms with Crippen molar-refractivity contribution in [3.05, 3.63) is 63.1 Å². The highest BCUT2D eigenvalue weighted by molar-refractivity contribution is 6.35. The normalized spacial score (nSPS) is 10.9. The zero-order valence-electron chi connectivity index (χ0n) is 14.0. The van der Waals surface area contributed by atoms with Gasteiger partial charge in [0.05, 0.1) is 6.61 Å². The topological polar surface area (TPSA) is 85.3 Å². The summed E-state index contributed by atoms with van der Waals surface area (Å²) in [7, 11) is 0. The van der Waals surface area contributed by atoms with Gasteiger partial charge in [0.15, 0.2) is 11.5 Å². The summed E-state index contributed by atoms with van der Waals surface area (Å²) in [6.45, 7) is 2.49. The molecule has 2 aromatic carbocycles. The second kappa shape index (κ2) is 9.14. The van der Waals surface area contributed by atoms with Gasteiger partial charge >= 0.3 is 0 Å². The Bertz CT molecular complexity index is 889. The molecule has 0 unspecified atom stereocenters. The Balaban J connectivity index is 2.25. The van der Waals surface area contributed by atoms with E-state index in [0.29, 0.717) is 33.7 Å². The molecule has 7 heteroatoms. The molecule has 0 radical (unpaired) electrons. The number of nitrogens with two attached hydrogens (primary N) is 1. The van der Waals surface area contributed by atoms with Crippen molar-refractivity contribution in [2.75, 3.05) is 6.61 Å². The first kappa shape index (κ1) is 19.6. The van der Waals surface area contributed by atoms with Crippen LogP contribution in [0, 0.1) is 11.3 Å². The average molecular weight is 391 g/mol. The number of nitriles is 1. The van der Waals surface area contributed by atoms with Crippen molar-refractivity contribution >= 4 is 35.2 Å². The van der Waals surface area contributed by atoms with Crippen molar-refractivity contribution in [1.82, 2.24) is 0 Å². The van der Waals surface area contributed by atoms with E-state index in [1.54, 1.807) is 42.5 Å². The number of carbonyl (C=O) groups excluding carboxylic acids is 1. The van der Waals surface area contributed by atoms with Crippen molar-refractivity contribution in [2.24, 2.45) is 5.73 Å².